The van der Waals surface area contributed by atoms with Gasteiger partial charge in [0.2, 0.25) is 11.8 Å². The van der Waals surface area contributed by atoms with Crippen molar-refractivity contribution < 1.29 is 29.0 Å². The number of esters is 1. The molecule has 2 unspecified atom stereocenters. The Hall–Kier alpha value is -1.42. The molecule has 126 valence electrons. The van der Waals surface area contributed by atoms with Gasteiger partial charge in [-0.3, -0.25) is 9.59 Å². The maximum absolute atomic E-state index is 11.6. The molecule has 0 aromatic heterocycles. The standard InChI is InChI=1S/C12H20N2O6S2/c1-4-20-12(19)10(14-8(3)16)6-22-21-5-9(11(17)18)13-7(2)15/h9-10H,4-6H2,1-3H3,(H,13,15)(H,14,16)(H,17,18). The molecule has 0 radical (unpaired) electrons. The molecule has 2 atom stereocenters. The number of carboxylic acid groups (broad SMARTS) is 1. The fraction of sp³-hybridized carbons (Fsp3) is 0.667. The molecular weight excluding hydrogens is 332 g/mol. The summed E-state index contributed by atoms with van der Waals surface area (Å²) < 4.78 is 4.85. The summed E-state index contributed by atoms with van der Waals surface area (Å²) in [7, 11) is 2.40. The van der Waals surface area contributed by atoms with Gasteiger partial charge in [-0.2, -0.15) is 0 Å². The van der Waals surface area contributed by atoms with Gasteiger partial charge in [0.15, 0.2) is 0 Å². The normalized spacial score (nSPS) is 12.9. The number of nitrogens with one attached hydrogen (secondary N) is 2. The van der Waals surface area contributed by atoms with Gasteiger partial charge >= 0.3 is 11.9 Å². The number of aliphatic carboxylic acids is 1. The molecule has 0 saturated carbocycles. The zero-order chi connectivity index (χ0) is 17.1. The van der Waals surface area contributed by atoms with E-state index in [1.54, 1.807) is 6.92 Å². The quantitative estimate of drug-likeness (QED) is 0.286. The highest BCUT2D eigenvalue weighted by Crippen LogP contribution is 2.23. The van der Waals surface area contributed by atoms with Crippen molar-refractivity contribution in [3.05, 3.63) is 0 Å². The van der Waals surface area contributed by atoms with Gasteiger partial charge < -0.3 is 20.5 Å². The first-order chi connectivity index (χ1) is 10.3. The fourth-order valence-corrected chi connectivity index (χ4v) is 3.61. The number of amides is 2. The Labute approximate surface area is 136 Å². The highest BCUT2D eigenvalue weighted by atomic mass is 33.1. The van der Waals surface area contributed by atoms with Gasteiger partial charge in [-0.15, -0.1) is 0 Å². The molecule has 8 nitrogen and oxygen atoms in total. The van der Waals surface area contributed by atoms with Gasteiger partial charge in [-0.1, -0.05) is 21.6 Å². The molecule has 0 aromatic carbocycles. The molecule has 0 heterocycles. The van der Waals surface area contributed by atoms with Crippen LogP contribution in [0.5, 0.6) is 0 Å². The Morgan fingerprint density at radius 1 is 1.00 bits per heavy atom. The molecule has 0 aromatic rings. The van der Waals surface area contributed by atoms with Crippen molar-refractivity contribution in [2.24, 2.45) is 0 Å². The predicted octanol–water partition coefficient (Wildman–Crippen LogP) is 0.0249. The molecule has 0 saturated heterocycles. The van der Waals surface area contributed by atoms with Crippen LogP contribution in [-0.2, 0) is 23.9 Å². The van der Waals surface area contributed by atoms with Gasteiger partial charge in [-0.05, 0) is 6.92 Å². The Balaban J connectivity index is 4.30. The second-order valence-corrected chi connectivity index (χ2v) is 6.72. The summed E-state index contributed by atoms with van der Waals surface area (Å²) in [6.07, 6.45) is 0. The van der Waals surface area contributed by atoms with Crippen LogP contribution in [0, 0.1) is 0 Å². The van der Waals surface area contributed by atoms with Crippen molar-refractivity contribution in [3.8, 4) is 0 Å². The summed E-state index contributed by atoms with van der Waals surface area (Å²) in [5.41, 5.74) is 0. The van der Waals surface area contributed by atoms with Gasteiger partial charge in [0, 0.05) is 25.4 Å². The number of rotatable bonds is 10. The van der Waals surface area contributed by atoms with Crippen LogP contribution in [-0.4, -0.2) is 59.1 Å². The Kier molecular flexibility index (Phi) is 10.5. The molecule has 0 rings (SSSR count). The van der Waals surface area contributed by atoms with Crippen LogP contribution < -0.4 is 10.6 Å². The van der Waals surface area contributed by atoms with Crippen LogP contribution in [0.2, 0.25) is 0 Å². The third-order valence-electron chi connectivity index (χ3n) is 2.18. The topological polar surface area (TPSA) is 122 Å². The largest absolute Gasteiger partial charge is 0.480 e. The van der Waals surface area contributed by atoms with Gasteiger partial charge in [0.1, 0.15) is 12.1 Å². The van der Waals surface area contributed by atoms with E-state index in [9.17, 15) is 19.2 Å². The van der Waals surface area contributed by atoms with Crippen LogP contribution in [0.1, 0.15) is 20.8 Å². The highest BCUT2D eigenvalue weighted by Gasteiger charge is 2.22. The number of carboxylic acids is 1. The van der Waals surface area contributed by atoms with Gasteiger partial charge in [-0.25, -0.2) is 9.59 Å². The monoisotopic (exact) mass is 352 g/mol. The van der Waals surface area contributed by atoms with Crippen LogP contribution >= 0.6 is 21.6 Å². The lowest BCUT2D eigenvalue weighted by Crippen LogP contribution is -2.43. The smallest absolute Gasteiger partial charge is 0.329 e. The molecular formula is C12H20N2O6S2. The first-order valence-corrected chi connectivity index (χ1v) is 8.94. The fourth-order valence-electron chi connectivity index (χ4n) is 1.31. The lowest BCUT2D eigenvalue weighted by atomic mass is 10.3. The van der Waals surface area contributed by atoms with Crippen molar-refractivity contribution in [3.63, 3.8) is 0 Å². The molecule has 10 heteroatoms. The average molecular weight is 352 g/mol. The third kappa shape index (κ3) is 9.50. The summed E-state index contributed by atoms with van der Waals surface area (Å²) in [5, 5.41) is 13.7. The van der Waals surface area contributed by atoms with Crippen molar-refractivity contribution in [2.75, 3.05) is 18.1 Å². The van der Waals surface area contributed by atoms with E-state index in [-0.39, 0.29) is 24.0 Å². The van der Waals surface area contributed by atoms with Crippen molar-refractivity contribution in [1.29, 1.82) is 0 Å². The second kappa shape index (κ2) is 11.2. The van der Waals surface area contributed by atoms with E-state index in [1.165, 1.54) is 35.4 Å². The van der Waals surface area contributed by atoms with E-state index in [0.717, 1.165) is 0 Å². The highest BCUT2D eigenvalue weighted by molar-refractivity contribution is 8.76. The molecule has 2 amide bonds. The summed E-state index contributed by atoms with van der Waals surface area (Å²) in [6, 6.07) is -1.80. The minimum absolute atomic E-state index is 0.134. The zero-order valence-electron chi connectivity index (χ0n) is 12.6. The third-order valence-corrected chi connectivity index (χ3v) is 4.60. The van der Waals surface area contributed by atoms with Gasteiger partial charge in [0.05, 0.1) is 6.61 Å². The zero-order valence-corrected chi connectivity index (χ0v) is 14.2. The Morgan fingerprint density at radius 2 is 1.45 bits per heavy atom. The number of carbonyl (C=O) groups excluding carboxylic acids is 3. The van der Waals surface area contributed by atoms with Crippen molar-refractivity contribution in [1.82, 2.24) is 10.6 Å². The van der Waals surface area contributed by atoms with E-state index >= 15 is 0 Å². The molecule has 0 aliphatic rings. The van der Waals surface area contributed by atoms with E-state index in [4.69, 9.17) is 9.84 Å². The first-order valence-electron chi connectivity index (χ1n) is 6.46. The van der Waals surface area contributed by atoms with Crippen molar-refractivity contribution >= 4 is 45.3 Å². The van der Waals surface area contributed by atoms with Gasteiger partial charge in [0.25, 0.3) is 0 Å². The summed E-state index contributed by atoms with van der Waals surface area (Å²) in [4.78, 5) is 44.5. The lowest BCUT2D eigenvalue weighted by Gasteiger charge is -2.16. The molecule has 0 spiro atoms. The lowest BCUT2D eigenvalue weighted by molar-refractivity contribution is -0.146. The van der Waals surface area contributed by atoms with Crippen LogP contribution in [0.15, 0.2) is 0 Å². The Bertz CT molecular complexity index is 418. The molecule has 0 aliphatic carbocycles. The maximum atomic E-state index is 11.6. The maximum Gasteiger partial charge on any atom is 0.329 e. The van der Waals surface area contributed by atoms with E-state index in [1.807, 2.05) is 0 Å². The van der Waals surface area contributed by atoms with E-state index in [0.29, 0.717) is 0 Å². The molecule has 0 bridgehead atoms. The number of hydrogen-bond acceptors (Lipinski definition) is 7. The molecule has 3 N–H and O–H groups in total. The average Bonchev–Trinajstić information content (AvgIpc) is 2.39. The summed E-state index contributed by atoms with van der Waals surface area (Å²) >= 11 is 0. The summed E-state index contributed by atoms with van der Waals surface area (Å²) in [6.45, 7) is 4.40. The van der Waals surface area contributed by atoms with Crippen LogP contribution in [0.4, 0.5) is 0 Å². The number of carbonyl (C=O) groups is 4. The molecule has 0 aliphatic heterocycles. The molecule has 22 heavy (non-hydrogen) atoms. The minimum Gasteiger partial charge on any atom is -0.480 e. The second-order valence-electron chi connectivity index (χ2n) is 4.17. The minimum atomic E-state index is -1.13. The van der Waals surface area contributed by atoms with Crippen LogP contribution in [0.25, 0.3) is 0 Å². The van der Waals surface area contributed by atoms with Crippen LogP contribution in [0.3, 0.4) is 0 Å². The van der Waals surface area contributed by atoms with E-state index < -0.39 is 29.9 Å². The Morgan fingerprint density at radius 3 is 1.86 bits per heavy atom. The SMILES string of the molecule is CCOC(=O)C(CSSCC(NC(C)=O)C(=O)O)NC(C)=O. The number of ether oxygens (including phenoxy) is 1. The van der Waals surface area contributed by atoms with Crippen molar-refractivity contribution in [2.45, 2.75) is 32.9 Å². The first kappa shape index (κ1) is 20.6. The number of hydrogen-bond donors (Lipinski definition) is 3. The summed E-state index contributed by atoms with van der Waals surface area (Å²) in [5.74, 6) is -2.09. The van der Waals surface area contributed by atoms with E-state index in [2.05, 4.69) is 10.6 Å². The predicted molar refractivity (Wildman–Crippen MR) is 84.4 cm³/mol. The molecule has 0 fully saturated rings.